The van der Waals surface area contributed by atoms with E-state index in [1.807, 2.05) is 13.8 Å². The minimum Gasteiger partial charge on any atom is -0.380 e. The van der Waals surface area contributed by atoms with Crippen LogP contribution in [0.1, 0.15) is 67.7 Å². The van der Waals surface area contributed by atoms with Gasteiger partial charge in [0.25, 0.3) is 0 Å². The molecule has 118 valence electrons. The van der Waals surface area contributed by atoms with Crippen LogP contribution in [-0.4, -0.2) is 38.3 Å². The van der Waals surface area contributed by atoms with Crippen LogP contribution in [0.15, 0.2) is 11.6 Å². The average molecular weight is 274 g/mol. The Balaban J connectivity index is -0.000000445. The number of methoxy groups -OCH3 is 1. The number of hydrogen-bond donors (Lipinski definition) is 0. The summed E-state index contributed by atoms with van der Waals surface area (Å²) in [6.07, 6.45) is 5.93. The van der Waals surface area contributed by atoms with E-state index in [0.717, 1.165) is 32.7 Å². The largest absolute Gasteiger partial charge is 0.380 e. The van der Waals surface area contributed by atoms with Crippen molar-refractivity contribution in [2.45, 2.75) is 67.7 Å². The van der Waals surface area contributed by atoms with Gasteiger partial charge in [-0.2, -0.15) is 0 Å². The van der Waals surface area contributed by atoms with Crippen molar-refractivity contribution in [2.75, 3.05) is 33.4 Å². The van der Waals surface area contributed by atoms with Crippen molar-refractivity contribution in [2.24, 2.45) is 0 Å². The molecule has 0 aromatic rings. The van der Waals surface area contributed by atoms with E-state index in [1.165, 1.54) is 18.4 Å². The van der Waals surface area contributed by atoms with Gasteiger partial charge in [0, 0.05) is 13.7 Å². The van der Waals surface area contributed by atoms with E-state index >= 15 is 0 Å². The molecule has 0 heterocycles. The van der Waals surface area contributed by atoms with E-state index in [4.69, 9.17) is 4.74 Å². The van der Waals surface area contributed by atoms with E-state index in [9.17, 15) is 0 Å². The summed E-state index contributed by atoms with van der Waals surface area (Å²) in [5.41, 5.74) is 1.43. The molecule has 19 heavy (non-hydrogen) atoms. The summed E-state index contributed by atoms with van der Waals surface area (Å²) < 4.78 is 5.17. The number of nitrogens with zero attached hydrogens (tertiary/aromatic N) is 1. The molecular weight excluding hydrogens is 234 g/mol. The van der Waals surface area contributed by atoms with Gasteiger partial charge in [-0.05, 0) is 25.1 Å². The van der Waals surface area contributed by atoms with Crippen LogP contribution in [0.2, 0.25) is 0 Å². The quantitative estimate of drug-likeness (QED) is 0.567. The molecule has 0 amide bonds. The molecular formula is C17H39NO. The third-order valence-electron chi connectivity index (χ3n) is 2.43. The van der Waals surface area contributed by atoms with Crippen molar-refractivity contribution >= 4 is 0 Å². The molecule has 0 aliphatic heterocycles. The topological polar surface area (TPSA) is 12.5 Å². The summed E-state index contributed by atoms with van der Waals surface area (Å²) in [6.45, 7) is 19.0. The molecule has 0 aliphatic carbocycles. The second kappa shape index (κ2) is 22.8. The molecule has 0 fully saturated rings. The van der Waals surface area contributed by atoms with E-state index in [2.05, 4.69) is 45.6 Å². The average Bonchev–Trinajstić information content (AvgIpc) is 2.43. The SMILES string of the molecule is CC.CCC.CCC/C(=C\CN(CC)CC)COC. The molecule has 0 N–H and O–H groups in total. The summed E-state index contributed by atoms with van der Waals surface area (Å²) in [5.74, 6) is 0. The predicted molar refractivity (Wildman–Crippen MR) is 90.0 cm³/mol. The highest BCUT2D eigenvalue weighted by atomic mass is 16.5. The van der Waals surface area contributed by atoms with Crippen molar-refractivity contribution in [1.29, 1.82) is 0 Å². The van der Waals surface area contributed by atoms with Crippen molar-refractivity contribution in [3.05, 3.63) is 11.6 Å². The van der Waals surface area contributed by atoms with E-state index in [1.54, 1.807) is 7.11 Å². The Labute approximate surface area is 123 Å². The molecule has 0 spiro atoms. The zero-order valence-corrected chi connectivity index (χ0v) is 14.9. The minimum absolute atomic E-state index is 0.787. The molecule has 0 unspecified atom stereocenters. The fraction of sp³-hybridized carbons (Fsp3) is 0.882. The molecule has 0 atom stereocenters. The van der Waals surface area contributed by atoms with Gasteiger partial charge in [0.2, 0.25) is 0 Å². The Morgan fingerprint density at radius 1 is 1.00 bits per heavy atom. The Morgan fingerprint density at radius 3 is 1.79 bits per heavy atom. The van der Waals surface area contributed by atoms with Crippen molar-refractivity contribution in [1.82, 2.24) is 4.90 Å². The summed E-state index contributed by atoms with van der Waals surface area (Å²) in [4.78, 5) is 2.41. The third kappa shape index (κ3) is 20.2. The van der Waals surface area contributed by atoms with Gasteiger partial charge < -0.3 is 9.64 Å². The summed E-state index contributed by atoms with van der Waals surface area (Å²) >= 11 is 0. The van der Waals surface area contributed by atoms with Crippen LogP contribution in [0.5, 0.6) is 0 Å². The number of hydrogen-bond acceptors (Lipinski definition) is 2. The van der Waals surface area contributed by atoms with E-state index in [-0.39, 0.29) is 0 Å². The third-order valence-corrected chi connectivity index (χ3v) is 2.43. The van der Waals surface area contributed by atoms with Gasteiger partial charge in [-0.1, -0.05) is 67.4 Å². The fourth-order valence-electron chi connectivity index (χ4n) is 1.48. The summed E-state index contributed by atoms with van der Waals surface area (Å²) in [7, 11) is 1.76. The van der Waals surface area contributed by atoms with Crippen LogP contribution in [0.4, 0.5) is 0 Å². The second-order valence-corrected chi connectivity index (χ2v) is 4.24. The standard InChI is InChI=1S/C12H25NO.C3H8.C2H6/c1-5-8-12(11-14-4)9-10-13(6-2)7-3;1-3-2;1-2/h9H,5-8,10-11H2,1-4H3;3H2,1-2H3;1-2H3/b12-9+;;. The minimum atomic E-state index is 0.787. The number of ether oxygens (including phenoxy) is 1. The highest BCUT2D eigenvalue weighted by Crippen LogP contribution is 2.05. The Hall–Kier alpha value is -0.340. The molecule has 2 heteroatoms. The summed E-state index contributed by atoms with van der Waals surface area (Å²) in [6, 6.07) is 0. The maximum Gasteiger partial charge on any atom is 0.0673 e. The highest BCUT2D eigenvalue weighted by molar-refractivity contribution is 5.03. The van der Waals surface area contributed by atoms with Crippen LogP contribution in [0, 0.1) is 0 Å². The molecule has 0 aromatic heterocycles. The number of rotatable bonds is 8. The molecule has 0 radical (unpaired) electrons. The lowest BCUT2D eigenvalue weighted by Gasteiger charge is -2.16. The fourth-order valence-corrected chi connectivity index (χ4v) is 1.48. The van der Waals surface area contributed by atoms with Crippen LogP contribution < -0.4 is 0 Å². The second-order valence-electron chi connectivity index (χ2n) is 4.24. The molecule has 0 aromatic carbocycles. The zero-order chi connectivity index (χ0) is 15.5. The van der Waals surface area contributed by atoms with Crippen LogP contribution in [-0.2, 0) is 4.74 Å². The van der Waals surface area contributed by atoms with Gasteiger partial charge in [-0.25, -0.2) is 0 Å². The maximum atomic E-state index is 5.17. The lowest BCUT2D eigenvalue weighted by Crippen LogP contribution is -2.23. The van der Waals surface area contributed by atoms with Gasteiger partial charge in [0.15, 0.2) is 0 Å². The Kier molecular flexibility index (Phi) is 28.5. The smallest absolute Gasteiger partial charge is 0.0673 e. The highest BCUT2D eigenvalue weighted by Gasteiger charge is 1.98. The molecule has 0 saturated carbocycles. The molecule has 0 rings (SSSR count). The van der Waals surface area contributed by atoms with Gasteiger partial charge in [-0.15, -0.1) is 0 Å². The van der Waals surface area contributed by atoms with Gasteiger partial charge in [0.05, 0.1) is 6.61 Å². The van der Waals surface area contributed by atoms with E-state index in [0.29, 0.717) is 0 Å². The first-order valence-electron chi connectivity index (χ1n) is 8.09. The van der Waals surface area contributed by atoms with E-state index < -0.39 is 0 Å². The van der Waals surface area contributed by atoms with Gasteiger partial charge in [0.1, 0.15) is 0 Å². The van der Waals surface area contributed by atoms with Crippen molar-refractivity contribution in [3.8, 4) is 0 Å². The first-order chi connectivity index (χ1) is 9.19. The van der Waals surface area contributed by atoms with Crippen LogP contribution >= 0.6 is 0 Å². The molecule has 2 nitrogen and oxygen atoms in total. The number of likely N-dealkylation sites (N-methyl/N-ethyl adjacent to an activating group) is 1. The van der Waals surface area contributed by atoms with Gasteiger partial charge >= 0.3 is 0 Å². The first-order valence-corrected chi connectivity index (χ1v) is 8.09. The normalized spacial score (nSPS) is 10.5. The maximum absolute atomic E-state index is 5.17. The first kappa shape index (κ1) is 23.7. The van der Waals surface area contributed by atoms with Crippen LogP contribution in [0.3, 0.4) is 0 Å². The molecule has 0 aliphatic rings. The van der Waals surface area contributed by atoms with Crippen LogP contribution in [0.25, 0.3) is 0 Å². The predicted octanol–water partition coefficient (Wildman–Crippen LogP) is 5.14. The van der Waals surface area contributed by atoms with Gasteiger partial charge in [-0.3, -0.25) is 0 Å². The Bertz CT molecular complexity index is 155. The van der Waals surface area contributed by atoms with Crippen molar-refractivity contribution in [3.63, 3.8) is 0 Å². The molecule has 0 saturated heterocycles. The lowest BCUT2D eigenvalue weighted by atomic mass is 10.1. The Morgan fingerprint density at radius 2 is 1.47 bits per heavy atom. The monoisotopic (exact) mass is 273 g/mol. The molecule has 0 bridgehead atoms. The zero-order valence-electron chi connectivity index (χ0n) is 14.9. The van der Waals surface area contributed by atoms with Crippen molar-refractivity contribution < 1.29 is 4.74 Å². The summed E-state index contributed by atoms with van der Waals surface area (Å²) in [5, 5.41) is 0. The lowest BCUT2D eigenvalue weighted by molar-refractivity contribution is 0.221.